The summed E-state index contributed by atoms with van der Waals surface area (Å²) in [5.74, 6) is 0.0208. The van der Waals surface area contributed by atoms with Crippen LogP contribution in [0.15, 0.2) is 48.5 Å². The number of aryl methyl sites for hydroxylation is 2. The number of aromatic nitrogens is 2. The summed E-state index contributed by atoms with van der Waals surface area (Å²) in [5.41, 5.74) is 3.98. The number of benzene rings is 2. The van der Waals surface area contributed by atoms with Crippen LogP contribution in [0.25, 0.3) is 11.3 Å². The van der Waals surface area contributed by atoms with Gasteiger partial charge in [-0.15, -0.1) is 0 Å². The zero-order valence-electron chi connectivity index (χ0n) is 17.0. The number of carbonyl (C=O) groups excluding carboxylic acids is 1. The average molecular weight is 405 g/mol. The van der Waals surface area contributed by atoms with Crippen LogP contribution >= 0.6 is 0 Å². The molecule has 1 aliphatic rings. The van der Waals surface area contributed by atoms with E-state index in [2.05, 4.69) is 10.3 Å². The lowest BCUT2D eigenvalue weighted by molar-refractivity contribution is -0.116. The Balaban J connectivity index is 1.82. The number of carbonyl (C=O) groups is 1. The van der Waals surface area contributed by atoms with Crippen molar-refractivity contribution < 1.29 is 14.3 Å². The first-order valence-electron chi connectivity index (χ1n) is 10.1. The lowest BCUT2D eigenvalue weighted by atomic mass is 9.91. The lowest BCUT2D eigenvalue weighted by Gasteiger charge is -2.23. The third kappa shape index (κ3) is 4.09. The fraction of sp³-hybridized carbons (Fsp3) is 0.292. The summed E-state index contributed by atoms with van der Waals surface area (Å²) in [6.45, 7) is 3.93. The van der Waals surface area contributed by atoms with Crippen molar-refractivity contribution in [3.63, 3.8) is 0 Å². The smallest absolute Gasteiger partial charge is 0.225 e. The van der Waals surface area contributed by atoms with Gasteiger partial charge in [0.2, 0.25) is 5.91 Å². The van der Waals surface area contributed by atoms with Gasteiger partial charge in [-0.05, 0) is 48.1 Å². The monoisotopic (exact) mass is 405 g/mol. The molecule has 1 aliphatic carbocycles. The average Bonchev–Trinajstić information content (AvgIpc) is 2.72. The van der Waals surface area contributed by atoms with Crippen LogP contribution in [0.5, 0.6) is 0 Å². The van der Waals surface area contributed by atoms with Gasteiger partial charge < -0.3 is 10.4 Å². The third-order valence-electron chi connectivity index (χ3n) is 5.17. The largest absolute Gasteiger partial charge is 0.382 e. The maximum Gasteiger partial charge on any atom is 0.225 e. The number of hydrogen-bond donors (Lipinski definition) is 2. The van der Waals surface area contributed by atoms with Crippen LogP contribution < -0.4 is 5.32 Å². The summed E-state index contributed by atoms with van der Waals surface area (Å²) in [7, 11) is 0. The predicted molar refractivity (Wildman–Crippen MR) is 113 cm³/mol. The Kier molecular flexibility index (Phi) is 5.59. The van der Waals surface area contributed by atoms with Gasteiger partial charge in [0, 0.05) is 12.0 Å². The summed E-state index contributed by atoms with van der Waals surface area (Å²) >= 11 is 0. The Morgan fingerprint density at radius 2 is 1.90 bits per heavy atom. The molecule has 4 rings (SSSR count). The number of fused-ring (bicyclic) bond motifs is 3. The quantitative estimate of drug-likeness (QED) is 0.658. The summed E-state index contributed by atoms with van der Waals surface area (Å²) in [6, 6.07) is 13.8. The van der Waals surface area contributed by atoms with Gasteiger partial charge in [-0.25, -0.2) is 14.4 Å². The summed E-state index contributed by atoms with van der Waals surface area (Å²) in [4.78, 5) is 21.9. The van der Waals surface area contributed by atoms with E-state index in [0.29, 0.717) is 30.5 Å². The van der Waals surface area contributed by atoms with Gasteiger partial charge in [0.15, 0.2) is 5.82 Å². The topological polar surface area (TPSA) is 75.1 Å². The number of anilines is 1. The van der Waals surface area contributed by atoms with Crippen LogP contribution in [0.3, 0.4) is 0 Å². The second kappa shape index (κ2) is 8.32. The molecule has 5 nitrogen and oxygen atoms in total. The molecule has 0 fully saturated rings. The molecule has 1 atom stereocenters. The van der Waals surface area contributed by atoms with Gasteiger partial charge >= 0.3 is 0 Å². The van der Waals surface area contributed by atoms with E-state index in [-0.39, 0.29) is 29.2 Å². The second-order valence-electron chi connectivity index (χ2n) is 8.01. The van der Waals surface area contributed by atoms with Crippen molar-refractivity contribution in [2.75, 3.05) is 5.32 Å². The molecule has 3 aromatic rings. The van der Waals surface area contributed by atoms with Gasteiger partial charge in [-0.1, -0.05) is 44.2 Å². The fourth-order valence-electron chi connectivity index (χ4n) is 3.76. The molecule has 2 aromatic carbocycles. The summed E-state index contributed by atoms with van der Waals surface area (Å²) < 4.78 is 13.7. The molecule has 0 aliphatic heterocycles. The van der Waals surface area contributed by atoms with Crippen molar-refractivity contribution in [2.45, 2.75) is 39.2 Å². The van der Waals surface area contributed by atoms with Crippen LogP contribution in [0.1, 0.15) is 48.9 Å². The first kappa shape index (κ1) is 20.2. The lowest BCUT2D eigenvalue weighted by Crippen LogP contribution is -2.21. The molecule has 2 N–H and O–H groups in total. The van der Waals surface area contributed by atoms with Crippen LogP contribution in [-0.2, 0) is 17.6 Å². The van der Waals surface area contributed by atoms with Gasteiger partial charge in [-0.2, -0.15) is 0 Å². The fourth-order valence-corrected chi connectivity index (χ4v) is 3.76. The Bertz CT molecular complexity index is 1080. The minimum atomic E-state index is -1.05. The molecule has 30 heavy (non-hydrogen) atoms. The SMILES string of the molecule is CC(C)CC(=O)Nc1nc2c(nc1C(O)c1ccccc1)-c1ccc(F)cc1CC2. The number of halogens is 1. The van der Waals surface area contributed by atoms with Crippen molar-refractivity contribution >= 4 is 11.7 Å². The number of nitrogens with one attached hydrogen (secondary N) is 1. The van der Waals surface area contributed by atoms with E-state index in [1.54, 1.807) is 18.2 Å². The van der Waals surface area contributed by atoms with E-state index < -0.39 is 6.10 Å². The minimum Gasteiger partial charge on any atom is -0.382 e. The summed E-state index contributed by atoms with van der Waals surface area (Å²) in [5, 5.41) is 13.9. The molecule has 6 heteroatoms. The summed E-state index contributed by atoms with van der Waals surface area (Å²) in [6.07, 6.45) is 0.536. The van der Waals surface area contributed by atoms with E-state index >= 15 is 0 Å². The van der Waals surface area contributed by atoms with Gasteiger partial charge in [0.05, 0.1) is 11.4 Å². The van der Waals surface area contributed by atoms with Gasteiger partial charge in [0.1, 0.15) is 17.6 Å². The standard InChI is InChI=1S/C24H24FN3O2/c1-14(2)12-20(29)27-24-22(23(30)15-6-4-3-5-7-15)28-21-18-10-9-17(25)13-16(18)8-11-19(21)26-24/h3-7,9-10,13-14,23,30H,8,11-12H2,1-2H3,(H,26,27,29). The van der Waals surface area contributed by atoms with E-state index in [9.17, 15) is 14.3 Å². The molecule has 0 saturated carbocycles. The predicted octanol–water partition coefficient (Wildman–Crippen LogP) is 4.45. The first-order valence-corrected chi connectivity index (χ1v) is 10.1. The number of aliphatic hydroxyl groups is 1. The highest BCUT2D eigenvalue weighted by atomic mass is 19.1. The highest BCUT2D eigenvalue weighted by Crippen LogP contribution is 2.35. The molecule has 1 unspecified atom stereocenters. The number of amides is 1. The molecule has 0 spiro atoms. The van der Waals surface area contributed by atoms with Crippen molar-refractivity contribution in [1.82, 2.24) is 9.97 Å². The first-order chi connectivity index (χ1) is 14.4. The highest BCUT2D eigenvalue weighted by Gasteiger charge is 2.26. The maximum atomic E-state index is 13.7. The Morgan fingerprint density at radius 1 is 1.13 bits per heavy atom. The van der Waals surface area contributed by atoms with Crippen molar-refractivity contribution in [3.8, 4) is 11.3 Å². The number of nitrogens with zero attached hydrogens (tertiary/aromatic N) is 2. The molecule has 1 aromatic heterocycles. The zero-order valence-corrected chi connectivity index (χ0v) is 17.0. The third-order valence-corrected chi connectivity index (χ3v) is 5.17. The number of rotatable bonds is 5. The van der Waals surface area contributed by atoms with E-state index in [1.807, 2.05) is 32.0 Å². The molecular formula is C24H24FN3O2. The maximum absolute atomic E-state index is 13.7. The van der Waals surface area contributed by atoms with Crippen LogP contribution in [-0.4, -0.2) is 21.0 Å². The van der Waals surface area contributed by atoms with E-state index in [0.717, 1.165) is 16.8 Å². The highest BCUT2D eigenvalue weighted by molar-refractivity contribution is 5.90. The molecule has 0 bridgehead atoms. The molecule has 0 saturated heterocycles. The molecule has 1 amide bonds. The van der Waals surface area contributed by atoms with Crippen LogP contribution in [0.4, 0.5) is 10.2 Å². The zero-order chi connectivity index (χ0) is 21.3. The number of hydrogen-bond acceptors (Lipinski definition) is 4. The molecule has 154 valence electrons. The van der Waals surface area contributed by atoms with Gasteiger partial charge in [0.25, 0.3) is 0 Å². The van der Waals surface area contributed by atoms with Crippen LogP contribution in [0, 0.1) is 11.7 Å². The van der Waals surface area contributed by atoms with Crippen LogP contribution in [0.2, 0.25) is 0 Å². The normalized spacial score (nSPS) is 13.5. The molecule has 1 heterocycles. The second-order valence-corrected chi connectivity index (χ2v) is 8.01. The van der Waals surface area contributed by atoms with E-state index in [1.165, 1.54) is 12.1 Å². The van der Waals surface area contributed by atoms with E-state index in [4.69, 9.17) is 4.98 Å². The van der Waals surface area contributed by atoms with Crippen molar-refractivity contribution in [2.24, 2.45) is 5.92 Å². The van der Waals surface area contributed by atoms with Gasteiger partial charge in [-0.3, -0.25) is 4.79 Å². The Morgan fingerprint density at radius 3 is 2.63 bits per heavy atom. The Hall–Kier alpha value is -3.12. The van der Waals surface area contributed by atoms with Crippen molar-refractivity contribution in [1.29, 1.82) is 0 Å². The number of aliphatic hydroxyl groups excluding tert-OH is 1. The Labute approximate surface area is 175 Å². The molecular weight excluding hydrogens is 381 g/mol. The molecule has 0 radical (unpaired) electrons. The minimum absolute atomic E-state index is 0.168. The van der Waals surface area contributed by atoms with Crippen molar-refractivity contribution in [3.05, 3.63) is 76.9 Å².